The van der Waals surface area contributed by atoms with Crippen LogP contribution >= 0.6 is 34.5 Å². The van der Waals surface area contributed by atoms with E-state index < -0.39 is 5.54 Å². The van der Waals surface area contributed by atoms with Crippen LogP contribution in [-0.4, -0.2) is 21.2 Å². The van der Waals surface area contributed by atoms with E-state index >= 15 is 0 Å². The number of benzene rings is 1. The van der Waals surface area contributed by atoms with Crippen LogP contribution in [0.1, 0.15) is 40.2 Å². The molecule has 0 radical (unpaired) electrons. The number of nitrogens with one attached hydrogen (secondary N) is 1. The minimum Gasteiger partial charge on any atom is -0.332 e. The lowest BCUT2D eigenvalue weighted by molar-refractivity contribution is 0.0935. The van der Waals surface area contributed by atoms with Gasteiger partial charge in [-0.3, -0.25) is 4.79 Å². The number of amides is 1. The van der Waals surface area contributed by atoms with E-state index in [0.29, 0.717) is 47.0 Å². The summed E-state index contributed by atoms with van der Waals surface area (Å²) in [4.78, 5) is 14.9. The fraction of sp³-hybridized carbons (Fsp3) is 0.273. The fourth-order valence-corrected chi connectivity index (χ4v) is 4.90. The summed E-state index contributed by atoms with van der Waals surface area (Å²) >= 11 is 14.1. The summed E-state index contributed by atoms with van der Waals surface area (Å²) < 4.78 is 1.65. The van der Waals surface area contributed by atoms with Crippen molar-refractivity contribution in [2.45, 2.75) is 38.1 Å². The molecular formula is C22H17Cl2N5OS. The monoisotopic (exact) mass is 469 g/mol. The smallest absolute Gasteiger partial charge is 0.273 e. The quantitative estimate of drug-likeness (QED) is 0.518. The molecule has 2 aromatic heterocycles. The van der Waals surface area contributed by atoms with E-state index in [1.165, 1.54) is 0 Å². The molecule has 0 unspecified atom stereocenters. The maximum absolute atomic E-state index is 13.0. The third-order valence-electron chi connectivity index (χ3n) is 5.17. The van der Waals surface area contributed by atoms with Crippen molar-refractivity contribution >= 4 is 40.4 Å². The second-order valence-corrected chi connectivity index (χ2v) is 9.41. The average molecular weight is 470 g/mol. The number of nitrogens with zero attached hydrogens (tertiary/aromatic N) is 4. The Balaban J connectivity index is 1.82. The number of hydrogen-bond donors (Lipinski definition) is 1. The highest BCUT2D eigenvalue weighted by atomic mass is 35.5. The minimum atomic E-state index is -0.793. The molecule has 156 valence electrons. The summed E-state index contributed by atoms with van der Waals surface area (Å²) in [7, 11) is 0. The summed E-state index contributed by atoms with van der Waals surface area (Å²) in [6.45, 7) is 1.83. The Labute approximate surface area is 193 Å². The lowest BCUT2D eigenvalue weighted by atomic mass is 10.1. The molecule has 0 atom stereocenters. The van der Waals surface area contributed by atoms with E-state index in [-0.39, 0.29) is 11.6 Å². The second kappa shape index (κ2) is 8.36. The molecule has 0 bridgehead atoms. The molecule has 1 aliphatic rings. The van der Waals surface area contributed by atoms with Crippen LogP contribution in [0.25, 0.3) is 16.3 Å². The van der Waals surface area contributed by atoms with Gasteiger partial charge in [0.05, 0.1) is 33.4 Å². The number of nitriles is 2. The van der Waals surface area contributed by atoms with Crippen molar-refractivity contribution in [3.8, 4) is 28.4 Å². The SMILES string of the molecule is Cc1c(C(=O)NC2(C#N)CC2)nn(-c2ccc(Cl)cc2Cl)c1-c1ccc(CCC#N)s1. The number of rotatable bonds is 6. The van der Waals surface area contributed by atoms with Crippen LogP contribution in [0.15, 0.2) is 30.3 Å². The number of aromatic nitrogens is 2. The van der Waals surface area contributed by atoms with Gasteiger partial charge in [-0.2, -0.15) is 15.6 Å². The van der Waals surface area contributed by atoms with E-state index in [0.717, 1.165) is 15.4 Å². The highest BCUT2D eigenvalue weighted by molar-refractivity contribution is 7.15. The number of carbonyl (C=O) groups is 1. The van der Waals surface area contributed by atoms with E-state index in [2.05, 4.69) is 22.6 Å². The molecule has 6 nitrogen and oxygen atoms in total. The van der Waals surface area contributed by atoms with Gasteiger partial charge in [-0.1, -0.05) is 23.2 Å². The number of halogens is 2. The van der Waals surface area contributed by atoms with Crippen LogP contribution in [0, 0.1) is 29.6 Å². The summed E-state index contributed by atoms with van der Waals surface area (Å²) in [5, 5.41) is 26.5. The second-order valence-electron chi connectivity index (χ2n) is 7.40. The molecule has 1 N–H and O–H groups in total. The van der Waals surface area contributed by atoms with Crippen LogP contribution in [-0.2, 0) is 6.42 Å². The minimum absolute atomic E-state index is 0.245. The largest absolute Gasteiger partial charge is 0.332 e. The van der Waals surface area contributed by atoms with Gasteiger partial charge < -0.3 is 5.32 Å². The van der Waals surface area contributed by atoms with Gasteiger partial charge in [0.25, 0.3) is 5.91 Å². The van der Waals surface area contributed by atoms with Crippen molar-refractivity contribution in [3.05, 3.63) is 56.5 Å². The lowest BCUT2D eigenvalue weighted by Crippen LogP contribution is -2.36. The highest BCUT2D eigenvalue weighted by Gasteiger charge is 2.45. The molecule has 1 saturated carbocycles. The summed E-state index contributed by atoms with van der Waals surface area (Å²) in [5.41, 5.74) is 1.47. The molecule has 31 heavy (non-hydrogen) atoms. The molecule has 1 aromatic carbocycles. The summed E-state index contributed by atoms with van der Waals surface area (Å²) in [6.07, 6.45) is 2.37. The number of hydrogen-bond acceptors (Lipinski definition) is 5. The molecule has 9 heteroatoms. The molecule has 1 fully saturated rings. The van der Waals surface area contributed by atoms with Crippen molar-refractivity contribution in [3.63, 3.8) is 0 Å². The van der Waals surface area contributed by atoms with Crippen molar-refractivity contribution in [2.75, 3.05) is 0 Å². The van der Waals surface area contributed by atoms with Crippen LogP contribution in [0.3, 0.4) is 0 Å². The van der Waals surface area contributed by atoms with Gasteiger partial charge in [0.2, 0.25) is 0 Å². The zero-order valence-corrected chi connectivity index (χ0v) is 18.9. The van der Waals surface area contributed by atoms with E-state index in [4.69, 9.17) is 28.5 Å². The normalized spacial score (nSPS) is 14.0. The Morgan fingerprint density at radius 2 is 2.06 bits per heavy atom. The zero-order valence-electron chi connectivity index (χ0n) is 16.6. The van der Waals surface area contributed by atoms with Crippen LogP contribution in [0.5, 0.6) is 0 Å². The fourth-order valence-electron chi connectivity index (χ4n) is 3.31. The van der Waals surface area contributed by atoms with Crippen LogP contribution in [0.4, 0.5) is 0 Å². The zero-order chi connectivity index (χ0) is 22.2. The van der Waals surface area contributed by atoms with Gasteiger partial charge in [-0.05, 0) is 56.5 Å². The standard InChI is InChI=1S/C22H17Cl2N5OS/c1-13-19(21(30)27-22(12-26)8-9-22)28-29(17-6-4-14(23)11-16(17)24)20(13)18-7-5-15(31-18)3-2-10-25/h4-7,11H,2-3,8-9H2,1H3,(H,27,30). The third kappa shape index (κ3) is 4.18. The predicted octanol–water partition coefficient (Wildman–Crippen LogP) is 5.46. The van der Waals surface area contributed by atoms with Gasteiger partial charge in [-0.15, -0.1) is 11.3 Å². The number of thiophene rings is 1. The van der Waals surface area contributed by atoms with Crippen LogP contribution < -0.4 is 5.32 Å². The molecule has 4 rings (SSSR count). The number of carbonyl (C=O) groups excluding carboxylic acids is 1. The Kier molecular flexibility index (Phi) is 5.77. The van der Waals surface area contributed by atoms with E-state index in [9.17, 15) is 10.1 Å². The maximum Gasteiger partial charge on any atom is 0.273 e. The Morgan fingerprint density at radius 1 is 1.29 bits per heavy atom. The summed E-state index contributed by atoms with van der Waals surface area (Å²) in [6, 6.07) is 13.4. The first-order valence-electron chi connectivity index (χ1n) is 9.62. The highest BCUT2D eigenvalue weighted by Crippen LogP contribution is 2.38. The molecule has 2 heterocycles. The molecule has 0 spiro atoms. The molecule has 0 saturated heterocycles. The molecule has 1 amide bonds. The molecule has 3 aromatic rings. The Bertz CT molecular complexity index is 1260. The van der Waals surface area contributed by atoms with Gasteiger partial charge in [0, 0.05) is 21.9 Å². The Hall–Kier alpha value is -2.84. The first-order valence-corrected chi connectivity index (χ1v) is 11.2. The van der Waals surface area contributed by atoms with Crippen molar-refractivity contribution in [1.82, 2.24) is 15.1 Å². The number of aryl methyl sites for hydroxylation is 1. The van der Waals surface area contributed by atoms with Gasteiger partial charge in [0.1, 0.15) is 5.54 Å². The van der Waals surface area contributed by atoms with E-state index in [1.807, 2.05) is 19.1 Å². The van der Waals surface area contributed by atoms with Crippen molar-refractivity contribution < 1.29 is 4.79 Å². The average Bonchev–Trinajstić information content (AvgIpc) is 3.21. The molecule has 1 aliphatic carbocycles. The molecule has 0 aliphatic heterocycles. The Morgan fingerprint density at radius 3 is 2.71 bits per heavy atom. The van der Waals surface area contributed by atoms with Crippen LogP contribution in [0.2, 0.25) is 10.0 Å². The molecular weight excluding hydrogens is 453 g/mol. The summed E-state index contributed by atoms with van der Waals surface area (Å²) in [5.74, 6) is -0.386. The third-order valence-corrected chi connectivity index (χ3v) is 6.86. The predicted molar refractivity (Wildman–Crippen MR) is 121 cm³/mol. The first-order chi connectivity index (χ1) is 14.9. The van der Waals surface area contributed by atoms with Crippen molar-refractivity contribution in [1.29, 1.82) is 10.5 Å². The van der Waals surface area contributed by atoms with Crippen molar-refractivity contribution in [2.24, 2.45) is 0 Å². The topological polar surface area (TPSA) is 94.5 Å². The first kappa shape index (κ1) is 21.4. The van der Waals surface area contributed by atoms with Gasteiger partial charge in [-0.25, -0.2) is 4.68 Å². The van der Waals surface area contributed by atoms with E-state index in [1.54, 1.807) is 34.2 Å². The van der Waals surface area contributed by atoms with Gasteiger partial charge in [0.15, 0.2) is 5.69 Å². The maximum atomic E-state index is 13.0. The van der Waals surface area contributed by atoms with Gasteiger partial charge >= 0.3 is 0 Å². The lowest BCUT2D eigenvalue weighted by Gasteiger charge is -2.09.